The standard InChI is InChI=1S/C17H14ClN5O3/c1-21-14-13(15(25)22(2)17(21)26)23(16(18)20-14)8-12(24)10-7-19-11-6-4-3-5-9(10)11/h3-7,19H,8H2,1-2H3. The highest BCUT2D eigenvalue weighted by molar-refractivity contribution is 6.29. The van der Waals surface area contributed by atoms with Crippen molar-refractivity contribution >= 4 is 39.5 Å². The fourth-order valence-electron chi connectivity index (χ4n) is 3.10. The zero-order valence-electron chi connectivity index (χ0n) is 14.0. The summed E-state index contributed by atoms with van der Waals surface area (Å²) >= 11 is 6.17. The Morgan fingerprint density at radius 1 is 1.19 bits per heavy atom. The Labute approximate surface area is 151 Å². The Morgan fingerprint density at radius 2 is 1.92 bits per heavy atom. The van der Waals surface area contributed by atoms with Crippen LogP contribution in [-0.4, -0.2) is 29.5 Å². The van der Waals surface area contributed by atoms with Crippen LogP contribution < -0.4 is 11.2 Å². The van der Waals surface area contributed by atoms with Gasteiger partial charge >= 0.3 is 5.69 Å². The Kier molecular flexibility index (Phi) is 3.58. The number of H-pyrrole nitrogens is 1. The number of hydrogen-bond donors (Lipinski definition) is 1. The lowest BCUT2D eigenvalue weighted by Gasteiger charge is -2.06. The molecule has 4 rings (SSSR count). The third-order valence-electron chi connectivity index (χ3n) is 4.49. The molecule has 0 saturated heterocycles. The first-order chi connectivity index (χ1) is 12.4. The van der Waals surface area contributed by atoms with Crippen molar-refractivity contribution in [3.05, 3.63) is 62.1 Å². The summed E-state index contributed by atoms with van der Waals surface area (Å²) < 4.78 is 3.53. The van der Waals surface area contributed by atoms with Crippen LogP contribution in [0.5, 0.6) is 0 Å². The first-order valence-corrected chi connectivity index (χ1v) is 8.19. The van der Waals surface area contributed by atoms with Crippen LogP contribution in [0.25, 0.3) is 22.1 Å². The first kappa shape index (κ1) is 16.3. The molecule has 8 nitrogen and oxygen atoms in total. The molecule has 0 radical (unpaired) electrons. The number of nitrogens with zero attached hydrogens (tertiary/aromatic N) is 4. The number of hydrogen-bond acceptors (Lipinski definition) is 4. The van der Waals surface area contributed by atoms with Crippen molar-refractivity contribution < 1.29 is 4.79 Å². The number of halogens is 1. The van der Waals surface area contributed by atoms with Crippen molar-refractivity contribution in [3.63, 3.8) is 0 Å². The maximum absolute atomic E-state index is 12.8. The van der Waals surface area contributed by atoms with Crippen LogP contribution in [0.1, 0.15) is 10.4 Å². The smallest absolute Gasteiger partial charge is 0.332 e. The first-order valence-electron chi connectivity index (χ1n) is 7.81. The van der Waals surface area contributed by atoms with Crippen LogP contribution in [0.3, 0.4) is 0 Å². The molecular formula is C17H14ClN5O3. The summed E-state index contributed by atoms with van der Waals surface area (Å²) in [5.74, 6) is -0.223. The second kappa shape index (κ2) is 5.70. The van der Waals surface area contributed by atoms with Crippen molar-refractivity contribution in [1.82, 2.24) is 23.7 Å². The Balaban J connectivity index is 1.88. The molecule has 1 N–H and O–H groups in total. The predicted octanol–water partition coefficient (Wildman–Crippen LogP) is 1.45. The molecule has 26 heavy (non-hydrogen) atoms. The van der Waals surface area contributed by atoms with E-state index in [1.54, 1.807) is 6.20 Å². The third kappa shape index (κ3) is 2.22. The fraction of sp³-hybridized carbons (Fsp3) is 0.176. The highest BCUT2D eigenvalue weighted by atomic mass is 35.5. The van der Waals surface area contributed by atoms with Gasteiger partial charge in [0.05, 0.1) is 6.54 Å². The van der Waals surface area contributed by atoms with Gasteiger partial charge in [-0.3, -0.25) is 18.7 Å². The van der Waals surface area contributed by atoms with E-state index in [1.807, 2.05) is 24.3 Å². The molecule has 4 aromatic rings. The molecule has 0 saturated carbocycles. The highest BCUT2D eigenvalue weighted by Gasteiger charge is 2.21. The topological polar surface area (TPSA) is 94.7 Å². The number of aromatic amines is 1. The number of carbonyl (C=O) groups is 1. The predicted molar refractivity (Wildman–Crippen MR) is 97.9 cm³/mol. The average molecular weight is 372 g/mol. The second-order valence-electron chi connectivity index (χ2n) is 6.02. The van der Waals surface area contributed by atoms with Crippen LogP contribution in [0.2, 0.25) is 5.28 Å². The van der Waals surface area contributed by atoms with Crippen LogP contribution in [-0.2, 0) is 20.6 Å². The maximum atomic E-state index is 12.8. The minimum atomic E-state index is -0.547. The largest absolute Gasteiger partial charge is 0.360 e. The zero-order valence-corrected chi connectivity index (χ0v) is 14.7. The molecule has 1 aromatic carbocycles. The van der Waals surface area contributed by atoms with Gasteiger partial charge in [-0.25, -0.2) is 4.79 Å². The van der Waals surface area contributed by atoms with Gasteiger partial charge in [0.1, 0.15) is 0 Å². The molecule has 0 bridgehead atoms. The van der Waals surface area contributed by atoms with Gasteiger partial charge < -0.3 is 9.55 Å². The molecule has 0 amide bonds. The summed E-state index contributed by atoms with van der Waals surface area (Å²) in [7, 11) is 2.87. The SMILES string of the molecule is Cn1c(=O)c2c(nc(Cl)n2CC(=O)c2c[nH]c3ccccc23)n(C)c1=O. The number of ketones is 1. The number of aromatic nitrogens is 5. The molecule has 0 spiro atoms. The highest BCUT2D eigenvalue weighted by Crippen LogP contribution is 2.21. The molecule has 3 heterocycles. The monoisotopic (exact) mass is 371 g/mol. The summed E-state index contributed by atoms with van der Waals surface area (Å²) in [5, 5.41) is 0.768. The number of Topliss-reactive ketones (excluding diaryl/α,β-unsaturated/α-hetero) is 1. The van der Waals surface area contributed by atoms with Gasteiger partial charge in [-0.05, 0) is 17.7 Å². The van der Waals surface area contributed by atoms with Crippen LogP contribution in [0.15, 0.2) is 40.1 Å². The number of imidazole rings is 1. The molecule has 9 heteroatoms. The fourth-order valence-corrected chi connectivity index (χ4v) is 3.32. The van der Waals surface area contributed by atoms with Crippen molar-refractivity contribution in [2.75, 3.05) is 0 Å². The molecule has 0 aliphatic heterocycles. The quantitative estimate of drug-likeness (QED) is 0.435. The molecule has 0 unspecified atom stereocenters. The van der Waals surface area contributed by atoms with Gasteiger partial charge in [0.15, 0.2) is 16.9 Å². The molecule has 0 fully saturated rings. The van der Waals surface area contributed by atoms with E-state index < -0.39 is 11.2 Å². The average Bonchev–Trinajstić information content (AvgIpc) is 3.20. The van der Waals surface area contributed by atoms with Crippen LogP contribution >= 0.6 is 11.6 Å². The van der Waals surface area contributed by atoms with E-state index in [0.717, 1.165) is 15.5 Å². The molecule has 132 valence electrons. The van der Waals surface area contributed by atoms with Gasteiger partial charge in [0.25, 0.3) is 5.56 Å². The van der Waals surface area contributed by atoms with E-state index in [-0.39, 0.29) is 28.8 Å². The lowest BCUT2D eigenvalue weighted by molar-refractivity contribution is 0.0975. The number of benzene rings is 1. The number of para-hydroxylation sites is 1. The Hall–Kier alpha value is -3.13. The summed E-state index contributed by atoms with van der Waals surface area (Å²) in [5.41, 5.74) is 0.555. The Morgan fingerprint density at radius 3 is 2.69 bits per heavy atom. The van der Waals surface area contributed by atoms with Gasteiger partial charge in [0.2, 0.25) is 5.28 Å². The van der Waals surface area contributed by atoms with Crippen LogP contribution in [0, 0.1) is 0 Å². The van der Waals surface area contributed by atoms with E-state index in [4.69, 9.17) is 11.6 Å². The second-order valence-corrected chi connectivity index (χ2v) is 6.35. The summed E-state index contributed by atoms with van der Waals surface area (Å²) in [4.78, 5) is 44.5. The lowest BCUT2D eigenvalue weighted by Crippen LogP contribution is -2.37. The number of fused-ring (bicyclic) bond motifs is 2. The molecule has 0 aliphatic rings. The maximum Gasteiger partial charge on any atom is 0.332 e. The summed E-state index contributed by atoms with van der Waals surface area (Å²) in [6, 6.07) is 7.43. The lowest BCUT2D eigenvalue weighted by atomic mass is 10.1. The summed E-state index contributed by atoms with van der Waals surface area (Å²) in [6.07, 6.45) is 1.63. The zero-order chi connectivity index (χ0) is 18.6. The minimum absolute atomic E-state index is 0.0218. The van der Waals surface area contributed by atoms with Crippen molar-refractivity contribution in [1.29, 1.82) is 0 Å². The van der Waals surface area contributed by atoms with E-state index in [9.17, 15) is 14.4 Å². The molecule has 0 atom stereocenters. The van der Waals surface area contributed by atoms with Gasteiger partial charge in [0, 0.05) is 36.8 Å². The Bertz CT molecular complexity index is 1310. The van der Waals surface area contributed by atoms with E-state index in [0.29, 0.717) is 5.56 Å². The normalized spacial score (nSPS) is 11.5. The van der Waals surface area contributed by atoms with Gasteiger partial charge in [-0.2, -0.15) is 4.98 Å². The van der Waals surface area contributed by atoms with E-state index in [2.05, 4.69) is 9.97 Å². The minimum Gasteiger partial charge on any atom is -0.360 e. The van der Waals surface area contributed by atoms with Crippen molar-refractivity contribution in [3.8, 4) is 0 Å². The number of carbonyl (C=O) groups excluding carboxylic acids is 1. The van der Waals surface area contributed by atoms with E-state index >= 15 is 0 Å². The van der Waals surface area contributed by atoms with Gasteiger partial charge in [-0.15, -0.1) is 0 Å². The van der Waals surface area contributed by atoms with E-state index in [1.165, 1.54) is 23.2 Å². The third-order valence-corrected chi connectivity index (χ3v) is 4.78. The molecule has 3 aromatic heterocycles. The van der Waals surface area contributed by atoms with Crippen molar-refractivity contribution in [2.24, 2.45) is 14.1 Å². The van der Waals surface area contributed by atoms with Crippen LogP contribution in [0.4, 0.5) is 0 Å². The number of aryl methyl sites for hydroxylation is 1. The molecule has 0 aliphatic carbocycles. The number of rotatable bonds is 3. The summed E-state index contributed by atoms with van der Waals surface area (Å²) in [6.45, 7) is -0.162. The van der Waals surface area contributed by atoms with Gasteiger partial charge in [-0.1, -0.05) is 18.2 Å². The molecular weight excluding hydrogens is 358 g/mol. The number of nitrogens with one attached hydrogen (secondary N) is 1. The van der Waals surface area contributed by atoms with Crippen molar-refractivity contribution in [2.45, 2.75) is 6.54 Å².